The van der Waals surface area contributed by atoms with Gasteiger partial charge in [-0.05, 0) is 6.42 Å². The van der Waals surface area contributed by atoms with Gasteiger partial charge in [0, 0.05) is 0 Å². The Hall–Kier alpha value is -0.260. The molecule has 0 heterocycles. The fourth-order valence-corrected chi connectivity index (χ4v) is 1.75. The highest BCUT2D eigenvalue weighted by Crippen LogP contribution is 2.24. The van der Waals surface area contributed by atoms with E-state index in [2.05, 4.69) is 6.92 Å². The molecule has 0 N–H and O–H groups in total. The molecule has 0 aromatic rings. The van der Waals surface area contributed by atoms with Gasteiger partial charge in [-0.25, -0.2) is 8.42 Å². The van der Waals surface area contributed by atoms with Crippen LogP contribution < -0.4 is 0 Å². The molecule has 0 aromatic heterocycles. The van der Waals surface area contributed by atoms with Gasteiger partial charge in [0.2, 0.25) is 9.84 Å². The minimum Gasteiger partial charge on any atom is -0.220 e. The molecule has 2 nitrogen and oxygen atoms in total. The van der Waals surface area contributed by atoms with Crippen LogP contribution in [0.15, 0.2) is 0 Å². The van der Waals surface area contributed by atoms with E-state index in [1.807, 2.05) is 0 Å². The summed E-state index contributed by atoms with van der Waals surface area (Å²) in [6.45, 7) is 3.57. The summed E-state index contributed by atoms with van der Waals surface area (Å²) in [6, 6.07) is 0. The summed E-state index contributed by atoms with van der Waals surface area (Å²) in [5.74, 6) is -0.798. The van der Waals surface area contributed by atoms with E-state index in [0.717, 1.165) is 19.3 Å². The Kier molecular flexibility index (Phi) is 5.48. The van der Waals surface area contributed by atoms with Gasteiger partial charge in [-0.1, -0.05) is 32.6 Å². The zero-order valence-electron chi connectivity index (χ0n) is 7.81. The standard InChI is InChI=1S/C8H14F3O2S/c1-2-3-4-5-6-7-14(12,13)8(9,10)11/h1-7H2. The molecular weight excluding hydrogens is 217 g/mol. The summed E-state index contributed by atoms with van der Waals surface area (Å²) in [4.78, 5) is 0. The van der Waals surface area contributed by atoms with E-state index in [1.165, 1.54) is 0 Å². The van der Waals surface area contributed by atoms with Gasteiger partial charge in [-0.3, -0.25) is 0 Å². The number of halogens is 3. The van der Waals surface area contributed by atoms with Crippen molar-refractivity contribution in [2.24, 2.45) is 0 Å². The van der Waals surface area contributed by atoms with E-state index in [4.69, 9.17) is 0 Å². The van der Waals surface area contributed by atoms with E-state index in [0.29, 0.717) is 6.42 Å². The maximum atomic E-state index is 11.8. The molecule has 0 aliphatic rings. The zero-order chi connectivity index (χ0) is 11.2. The van der Waals surface area contributed by atoms with Crippen LogP contribution in [0.3, 0.4) is 0 Å². The quantitative estimate of drug-likeness (QED) is 0.659. The second-order valence-electron chi connectivity index (χ2n) is 3.03. The topological polar surface area (TPSA) is 34.1 Å². The predicted octanol–water partition coefficient (Wildman–Crippen LogP) is 2.71. The van der Waals surface area contributed by atoms with Crippen molar-refractivity contribution in [3.63, 3.8) is 0 Å². The van der Waals surface area contributed by atoms with Gasteiger partial charge in [-0.15, -0.1) is 0 Å². The Morgan fingerprint density at radius 3 is 1.93 bits per heavy atom. The first-order valence-electron chi connectivity index (χ1n) is 4.39. The maximum Gasteiger partial charge on any atom is 0.497 e. The van der Waals surface area contributed by atoms with Crippen molar-refractivity contribution >= 4 is 9.84 Å². The summed E-state index contributed by atoms with van der Waals surface area (Å²) in [7, 11) is -4.90. The first-order valence-corrected chi connectivity index (χ1v) is 6.05. The molecule has 0 fully saturated rings. The first-order chi connectivity index (χ1) is 6.31. The summed E-state index contributed by atoms with van der Waals surface area (Å²) < 4.78 is 56.5. The van der Waals surface area contributed by atoms with Crippen molar-refractivity contribution in [2.75, 3.05) is 5.75 Å². The smallest absolute Gasteiger partial charge is 0.220 e. The van der Waals surface area contributed by atoms with Crippen molar-refractivity contribution in [3.05, 3.63) is 6.92 Å². The molecule has 0 saturated heterocycles. The first kappa shape index (κ1) is 13.7. The Balaban J connectivity index is 3.80. The van der Waals surface area contributed by atoms with Crippen LogP contribution in [0.4, 0.5) is 13.2 Å². The number of rotatable bonds is 6. The lowest BCUT2D eigenvalue weighted by atomic mass is 10.2. The molecule has 0 aliphatic heterocycles. The van der Waals surface area contributed by atoms with Gasteiger partial charge in [0.1, 0.15) is 0 Å². The van der Waals surface area contributed by atoms with Crippen molar-refractivity contribution in [2.45, 2.75) is 37.6 Å². The lowest BCUT2D eigenvalue weighted by Crippen LogP contribution is -2.26. The highest BCUT2D eigenvalue weighted by Gasteiger charge is 2.44. The molecule has 0 aliphatic carbocycles. The largest absolute Gasteiger partial charge is 0.497 e. The van der Waals surface area contributed by atoms with Crippen LogP contribution in [0.1, 0.15) is 32.1 Å². The van der Waals surface area contributed by atoms with Crippen molar-refractivity contribution in [1.82, 2.24) is 0 Å². The molecule has 0 aromatic carbocycles. The molecule has 0 amide bonds. The highest BCUT2D eigenvalue weighted by atomic mass is 32.2. The van der Waals surface area contributed by atoms with Crippen LogP contribution in [0, 0.1) is 6.92 Å². The van der Waals surface area contributed by atoms with Crippen LogP contribution in [-0.4, -0.2) is 19.7 Å². The van der Waals surface area contributed by atoms with Crippen molar-refractivity contribution < 1.29 is 21.6 Å². The molecule has 0 bridgehead atoms. The lowest BCUT2D eigenvalue weighted by molar-refractivity contribution is -0.0435. The number of unbranched alkanes of at least 4 members (excludes halogenated alkanes) is 4. The third-order valence-electron chi connectivity index (χ3n) is 1.77. The maximum absolute atomic E-state index is 11.8. The van der Waals surface area contributed by atoms with Gasteiger partial charge in [-0.2, -0.15) is 13.2 Å². The molecule has 0 rings (SSSR count). The predicted molar refractivity (Wildman–Crippen MR) is 48.3 cm³/mol. The van der Waals surface area contributed by atoms with Crippen LogP contribution in [-0.2, 0) is 9.84 Å². The normalized spacial score (nSPS) is 13.1. The van der Waals surface area contributed by atoms with E-state index >= 15 is 0 Å². The summed E-state index contributed by atoms with van der Waals surface area (Å²) in [5, 5.41) is 0. The Morgan fingerprint density at radius 1 is 1.00 bits per heavy atom. The van der Waals surface area contributed by atoms with Crippen molar-refractivity contribution in [3.8, 4) is 0 Å². The SMILES string of the molecule is [CH2]CCCCCCS(=O)(=O)C(F)(F)F. The Labute approximate surface area is 82.4 Å². The van der Waals surface area contributed by atoms with Gasteiger partial charge in [0.05, 0.1) is 5.75 Å². The third-order valence-corrected chi connectivity index (χ3v) is 3.30. The summed E-state index contributed by atoms with van der Waals surface area (Å²) in [5.41, 5.74) is -5.10. The van der Waals surface area contributed by atoms with E-state index in [9.17, 15) is 21.6 Å². The summed E-state index contributed by atoms with van der Waals surface area (Å²) >= 11 is 0. The van der Waals surface area contributed by atoms with Crippen LogP contribution in [0.25, 0.3) is 0 Å². The molecule has 0 spiro atoms. The van der Waals surface area contributed by atoms with Gasteiger partial charge in [0.15, 0.2) is 0 Å². The average molecular weight is 231 g/mol. The zero-order valence-corrected chi connectivity index (χ0v) is 8.62. The number of hydrogen-bond acceptors (Lipinski definition) is 2. The number of alkyl halides is 3. The Morgan fingerprint density at radius 2 is 1.50 bits per heavy atom. The minimum atomic E-state index is -5.10. The number of hydrogen-bond donors (Lipinski definition) is 0. The van der Waals surface area contributed by atoms with E-state index in [-0.39, 0.29) is 6.42 Å². The molecule has 6 heteroatoms. The molecule has 0 saturated carbocycles. The highest BCUT2D eigenvalue weighted by molar-refractivity contribution is 7.92. The third kappa shape index (κ3) is 4.83. The summed E-state index contributed by atoms with van der Waals surface area (Å²) in [6.07, 6.45) is 2.86. The van der Waals surface area contributed by atoms with Crippen LogP contribution >= 0.6 is 0 Å². The monoisotopic (exact) mass is 231 g/mol. The van der Waals surface area contributed by atoms with Crippen LogP contribution in [0.5, 0.6) is 0 Å². The molecule has 0 unspecified atom stereocenters. The van der Waals surface area contributed by atoms with Crippen molar-refractivity contribution in [1.29, 1.82) is 0 Å². The van der Waals surface area contributed by atoms with Gasteiger partial charge >= 0.3 is 5.51 Å². The molecule has 0 atom stereocenters. The minimum absolute atomic E-state index is 0.0713. The average Bonchev–Trinajstić information content (AvgIpc) is 2.02. The molecule has 14 heavy (non-hydrogen) atoms. The second-order valence-corrected chi connectivity index (χ2v) is 5.13. The molecular formula is C8H14F3O2S. The second kappa shape index (κ2) is 5.58. The molecule has 85 valence electrons. The fourth-order valence-electron chi connectivity index (χ4n) is 0.938. The lowest BCUT2D eigenvalue weighted by Gasteiger charge is -2.07. The Bertz CT molecular complexity index is 244. The van der Waals surface area contributed by atoms with E-state index < -0.39 is 21.1 Å². The van der Waals surface area contributed by atoms with E-state index in [1.54, 1.807) is 0 Å². The van der Waals surface area contributed by atoms with Gasteiger partial charge < -0.3 is 0 Å². The van der Waals surface area contributed by atoms with Crippen LogP contribution in [0.2, 0.25) is 0 Å². The fraction of sp³-hybridized carbons (Fsp3) is 0.875. The van der Waals surface area contributed by atoms with Gasteiger partial charge in [0.25, 0.3) is 0 Å². The molecule has 1 radical (unpaired) electrons. The number of sulfone groups is 1.